The highest BCUT2D eigenvalue weighted by molar-refractivity contribution is 5.67. The van der Waals surface area contributed by atoms with Crippen LogP contribution in [0.25, 0.3) is 0 Å². The minimum atomic E-state index is -0.549. The van der Waals surface area contributed by atoms with Gasteiger partial charge in [-0.05, 0) is 27.7 Å². The van der Waals surface area contributed by atoms with Crippen molar-refractivity contribution in [3.8, 4) is 0 Å². The van der Waals surface area contributed by atoms with Gasteiger partial charge in [-0.15, -0.1) is 0 Å². The Morgan fingerprint density at radius 1 is 1.42 bits per heavy atom. The fraction of sp³-hybridized carbons (Fsp3) is 0.615. The van der Waals surface area contributed by atoms with Gasteiger partial charge in [0.15, 0.2) is 0 Å². The zero-order chi connectivity index (χ0) is 14.0. The van der Waals surface area contributed by atoms with E-state index in [1.165, 1.54) is 5.06 Å². The molecule has 1 unspecified atom stereocenters. The van der Waals surface area contributed by atoms with E-state index in [-0.39, 0.29) is 6.04 Å². The number of hydrogen-bond acceptors (Lipinski definition) is 5. The van der Waals surface area contributed by atoms with Gasteiger partial charge in [-0.25, -0.2) is 4.79 Å². The number of nitrogens with zero attached hydrogens (tertiary/aromatic N) is 3. The van der Waals surface area contributed by atoms with E-state index in [0.717, 1.165) is 5.69 Å². The Bertz CT molecular complexity index is 453. The van der Waals surface area contributed by atoms with Gasteiger partial charge >= 0.3 is 6.09 Å². The second-order valence-corrected chi connectivity index (χ2v) is 5.53. The molecule has 19 heavy (non-hydrogen) atoms. The highest BCUT2D eigenvalue weighted by Crippen LogP contribution is 2.30. The lowest BCUT2D eigenvalue weighted by molar-refractivity contribution is -0.125. The van der Waals surface area contributed by atoms with Crippen molar-refractivity contribution in [1.29, 1.82) is 0 Å². The maximum Gasteiger partial charge on any atom is 0.435 e. The van der Waals surface area contributed by atoms with Crippen LogP contribution in [0.2, 0.25) is 0 Å². The van der Waals surface area contributed by atoms with Crippen molar-refractivity contribution in [2.75, 3.05) is 6.61 Å². The van der Waals surface area contributed by atoms with E-state index in [4.69, 9.17) is 9.57 Å². The molecule has 0 saturated carbocycles. The molecule has 0 aromatic carbocycles. The predicted octanol–water partition coefficient (Wildman–Crippen LogP) is 2.40. The van der Waals surface area contributed by atoms with Gasteiger partial charge < -0.3 is 4.74 Å². The zero-order valence-electron chi connectivity index (χ0n) is 11.7. The van der Waals surface area contributed by atoms with E-state index >= 15 is 0 Å². The number of ether oxygens (including phenoxy) is 1. The third kappa shape index (κ3) is 3.41. The normalized spacial score (nSPS) is 19.6. The molecule has 6 heteroatoms. The molecular formula is C13H19N3O3. The Morgan fingerprint density at radius 3 is 2.74 bits per heavy atom. The summed E-state index contributed by atoms with van der Waals surface area (Å²) in [4.78, 5) is 25.9. The highest BCUT2D eigenvalue weighted by Gasteiger charge is 2.35. The van der Waals surface area contributed by atoms with E-state index in [0.29, 0.717) is 18.7 Å². The Balaban J connectivity index is 2.12. The van der Waals surface area contributed by atoms with Gasteiger partial charge in [0.25, 0.3) is 0 Å². The zero-order valence-corrected chi connectivity index (χ0v) is 11.7. The van der Waals surface area contributed by atoms with Crippen molar-refractivity contribution in [2.24, 2.45) is 0 Å². The number of amides is 1. The first-order chi connectivity index (χ1) is 8.87. The van der Waals surface area contributed by atoms with E-state index in [1.54, 1.807) is 12.4 Å². The van der Waals surface area contributed by atoms with E-state index in [1.807, 2.05) is 27.7 Å². The Morgan fingerprint density at radius 2 is 2.16 bits per heavy atom. The molecule has 2 heterocycles. The minimum absolute atomic E-state index is 0.233. The second-order valence-electron chi connectivity index (χ2n) is 5.53. The maximum atomic E-state index is 12.0. The Hall–Kier alpha value is -1.69. The Labute approximate surface area is 112 Å². The molecule has 6 nitrogen and oxygen atoms in total. The molecular weight excluding hydrogens is 246 g/mol. The molecule has 2 rings (SSSR count). The monoisotopic (exact) mass is 265 g/mol. The lowest BCUT2D eigenvalue weighted by Crippen LogP contribution is -2.36. The summed E-state index contributed by atoms with van der Waals surface area (Å²) in [6.45, 7) is 7.80. The summed E-state index contributed by atoms with van der Waals surface area (Å²) in [6.07, 6.45) is 3.56. The third-order valence-corrected chi connectivity index (χ3v) is 2.62. The van der Waals surface area contributed by atoms with Crippen LogP contribution in [-0.2, 0) is 9.57 Å². The van der Waals surface area contributed by atoms with Crippen molar-refractivity contribution < 1.29 is 14.4 Å². The number of carbonyl (C=O) groups is 1. The average molecular weight is 265 g/mol. The summed E-state index contributed by atoms with van der Waals surface area (Å²) >= 11 is 0. The first-order valence-electron chi connectivity index (χ1n) is 6.30. The molecule has 1 aromatic heterocycles. The number of hydroxylamine groups is 2. The smallest absolute Gasteiger partial charge is 0.435 e. The topological polar surface area (TPSA) is 64.5 Å². The third-order valence-electron chi connectivity index (χ3n) is 2.62. The van der Waals surface area contributed by atoms with Crippen LogP contribution in [0.3, 0.4) is 0 Å². The molecule has 1 aliphatic heterocycles. The molecule has 0 spiro atoms. The van der Waals surface area contributed by atoms with Gasteiger partial charge in [0, 0.05) is 12.6 Å². The predicted molar refractivity (Wildman–Crippen MR) is 68.2 cm³/mol. The van der Waals surface area contributed by atoms with Crippen molar-refractivity contribution in [3.63, 3.8) is 0 Å². The van der Waals surface area contributed by atoms with Crippen LogP contribution >= 0.6 is 0 Å². The van der Waals surface area contributed by atoms with Crippen LogP contribution in [0.15, 0.2) is 12.4 Å². The van der Waals surface area contributed by atoms with Crippen LogP contribution < -0.4 is 0 Å². The number of rotatable bonds is 1. The average Bonchev–Trinajstić information content (AvgIpc) is 2.76. The summed E-state index contributed by atoms with van der Waals surface area (Å²) in [7, 11) is 0. The largest absolute Gasteiger partial charge is 0.442 e. The van der Waals surface area contributed by atoms with Gasteiger partial charge in [0.2, 0.25) is 0 Å². The van der Waals surface area contributed by atoms with Crippen LogP contribution in [0.4, 0.5) is 4.79 Å². The fourth-order valence-electron chi connectivity index (χ4n) is 1.80. The first kappa shape index (κ1) is 13.7. The highest BCUT2D eigenvalue weighted by atomic mass is 16.7. The summed E-state index contributed by atoms with van der Waals surface area (Å²) in [5.74, 6) is 0. The van der Waals surface area contributed by atoms with Gasteiger partial charge in [0.1, 0.15) is 11.6 Å². The Kier molecular flexibility index (Phi) is 3.71. The number of carbonyl (C=O) groups excluding carboxylic acids is 1. The van der Waals surface area contributed by atoms with Gasteiger partial charge in [-0.3, -0.25) is 14.8 Å². The molecule has 0 bridgehead atoms. The summed E-state index contributed by atoms with van der Waals surface area (Å²) < 4.78 is 5.31. The van der Waals surface area contributed by atoms with Crippen LogP contribution in [0, 0.1) is 6.92 Å². The molecule has 1 amide bonds. The molecule has 1 atom stereocenters. The maximum absolute atomic E-state index is 12.0. The molecule has 1 fully saturated rings. The number of hydrogen-bond donors (Lipinski definition) is 0. The van der Waals surface area contributed by atoms with E-state index in [9.17, 15) is 4.79 Å². The van der Waals surface area contributed by atoms with Gasteiger partial charge in [-0.2, -0.15) is 5.06 Å². The summed E-state index contributed by atoms with van der Waals surface area (Å²) in [5, 5.41) is 1.25. The lowest BCUT2D eigenvalue weighted by atomic mass is 10.1. The SMILES string of the molecule is Cc1cnc(C2CCON2C(=O)OC(C)(C)C)cn1. The minimum Gasteiger partial charge on any atom is -0.442 e. The summed E-state index contributed by atoms with van der Waals surface area (Å²) in [5.41, 5.74) is 1.01. The van der Waals surface area contributed by atoms with Crippen molar-refractivity contribution in [2.45, 2.75) is 45.8 Å². The van der Waals surface area contributed by atoms with E-state index < -0.39 is 11.7 Å². The first-order valence-corrected chi connectivity index (χ1v) is 6.30. The number of aryl methyl sites for hydroxylation is 1. The second kappa shape index (κ2) is 5.13. The lowest BCUT2D eigenvalue weighted by Gasteiger charge is -2.26. The molecule has 1 saturated heterocycles. The number of aromatic nitrogens is 2. The van der Waals surface area contributed by atoms with Crippen molar-refractivity contribution >= 4 is 6.09 Å². The molecule has 0 aliphatic carbocycles. The molecule has 0 N–H and O–H groups in total. The van der Waals surface area contributed by atoms with Crippen LogP contribution in [-0.4, -0.2) is 33.3 Å². The standard InChI is InChI=1S/C13H19N3O3/c1-9-7-15-10(8-14-9)11-5-6-18-16(11)12(17)19-13(2,3)4/h7-8,11H,5-6H2,1-4H3. The van der Waals surface area contributed by atoms with Crippen LogP contribution in [0.1, 0.15) is 44.6 Å². The van der Waals surface area contributed by atoms with Crippen molar-refractivity contribution in [1.82, 2.24) is 15.0 Å². The van der Waals surface area contributed by atoms with E-state index in [2.05, 4.69) is 9.97 Å². The summed E-state index contributed by atoms with van der Waals surface area (Å²) in [6, 6.07) is -0.233. The molecule has 1 aliphatic rings. The van der Waals surface area contributed by atoms with Gasteiger partial charge in [0.05, 0.1) is 24.2 Å². The molecule has 104 valence electrons. The van der Waals surface area contributed by atoms with Crippen LogP contribution in [0.5, 0.6) is 0 Å². The molecule has 1 aromatic rings. The van der Waals surface area contributed by atoms with Crippen molar-refractivity contribution in [3.05, 3.63) is 23.8 Å². The van der Waals surface area contributed by atoms with Gasteiger partial charge in [-0.1, -0.05) is 0 Å². The fourth-order valence-corrected chi connectivity index (χ4v) is 1.80. The quantitative estimate of drug-likeness (QED) is 0.780. The molecule has 0 radical (unpaired) electrons.